The van der Waals surface area contributed by atoms with E-state index in [1.807, 2.05) is 18.2 Å². The number of pyridine rings is 1. The lowest BCUT2D eigenvalue weighted by Crippen LogP contribution is -1.91. The van der Waals surface area contributed by atoms with E-state index >= 15 is 0 Å². The summed E-state index contributed by atoms with van der Waals surface area (Å²) in [4.78, 5) is 14.7. The molecule has 0 saturated carbocycles. The van der Waals surface area contributed by atoms with Crippen LogP contribution < -0.4 is 0 Å². The summed E-state index contributed by atoms with van der Waals surface area (Å²) < 4.78 is 5.12. The van der Waals surface area contributed by atoms with Gasteiger partial charge in [0.2, 0.25) is 5.76 Å². The third-order valence-electron chi connectivity index (χ3n) is 1.87. The number of furan rings is 1. The number of carboxylic acid groups (broad SMARTS) is 1. The monoisotopic (exact) mass is 235 g/mol. The molecule has 0 aliphatic rings. The smallest absolute Gasteiger partial charge is 0.371 e. The quantitative estimate of drug-likeness (QED) is 0.825. The standard InChI is InChI=1S/C11H9NO3S/c13-11(14)9-5-4-8(15-9)7-16-10-3-1-2-6-12-10/h1-6H,7H2,(H,13,14). The molecular weight excluding hydrogens is 226 g/mol. The van der Waals surface area contributed by atoms with Crippen LogP contribution in [0.2, 0.25) is 0 Å². The van der Waals surface area contributed by atoms with Crippen LogP contribution in [0, 0.1) is 0 Å². The number of aromatic nitrogens is 1. The third-order valence-corrected chi connectivity index (χ3v) is 2.84. The predicted octanol–water partition coefficient (Wildman–Crippen LogP) is 2.67. The number of rotatable bonds is 4. The molecule has 0 bridgehead atoms. The van der Waals surface area contributed by atoms with Crippen LogP contribution in [0.4, 0.5) is 0 Å². The van der Waals surface area contributed by atoms with Crippen LogP contribution in [-0.2, 0) is 5.75 Å². The number of aromatic carboxylic acids is 1. The fraction of sp³-hybridized carbons (Fsp3) is 0.0909. The maximum absolute atomic E-state index is 10.6. The van der Waals surface area contributed by atoms with E-state index in [0.29, 0.717) is 11.5 Å². The third kappa shape index (κ3) is 2.64. The van der Waals surface area contributed by atoms with Crippen molar-refractivity contribution < 1.29 is 14.3 Å². The molecule has 4 nitrogen and oxygen atoms in total. The molecule has 0 spiro atoms. The Hall–Kier alpha value is -1.75. The van der Waals surface area contributed by atoms with Gasteiger partial charge in [-0.1, -0.05) is 17.8 Å². The molecule has 0 fully saturated rings. The number of carbonyl (C=O) groups is 1. The van der Waals surface area contributed by atoms with Gasteiger partial charge in [0.05, 0.1) is 10.8 Å². The van der Waals surface area contributed by atoms with Crippen LogP contribution in [0.25, 0.3) is 0 Å². The first-order chi connectivity index (χ1) is 7.75. The van der Waals surface area contributed by atoms with Crippen molar-refractivity contribution in [2.24, 2.45) is 0 Å². The van der Waals surface area contributed by atoms with Crippen molar-refractivity contribution in [2.45, 2.75) is 10.8 Å². The molecule has 0 radical (unpaired) electrons. The Labute approximate surface area is 96.3 Å². The molecule has 2 aromatic rings. The van der Waals surface area contributed by atoms with Gasteiger partial charge in [-0.15, -0.1) is 0 Å². The fourth-order valence-electron chi connectivity index (χ4n) is 1.15. The molecule has 0 saturated heterocycles. The summed E-state index contributed by atoms with van der Waals surface area (Å²) in [5.41, 5.74) is 0. The van der Waals surface area contributed by atoms with E-state index < -0.39 is 5.97 Å². The normalized spacial score (nSPS) is 10.2. The second kappa shape index (κ2) is 4.85. The molecule has 0 aliphatic heterocycles. The number of hydrogen-bond donors (Lipinski definition) is 1. The Morgan fingerprint density at radius 1 is 1.38 bits per heavy atom. The minimum atomic E-state index is -1.05. The van der Waals surface area contributed by atoms with Gasteiger partial charge >= 0.3 is 5.97 Å². The highest BCUT2D eigenvalue weighted by molar-refractivity contribution is 7.98. The molecule has 0 amide bonds. The Morgan fingerprint density at radius 3 is 2.88 bits per heavy atom. The SMILES string of the molecule is O=C(O)c1ccc(CSc2ccccn2)o1. The van der Waals surface area contributed by atoms with Crippen molar-refractivity contribution in [3.05, 3.63) is 48.0 Å². The minimum Gasteiger partial charge on any atom is -0.475 e. The zero-order valence-electron chi connectivity index (χ0n) is 8.29. The largest absolute Gasteiger partial charge is 0.475 e. The Morgan fingerprint density at radius 2 is 2.25 bits per heavy atom. The van der Waals surface area contributed by atoms with Crippen LogP contribution in [0.1, 0.15) is 16.3 Å². The average molecular weight is 235 g/mol. The lowest BCUT2D eigenvalue weighted by atomic mass is 10.4. The van der Waals surface area contributed by atoms with Crippen molar-refractivity contribution in [2.75, 3.05) is 0 Å². The maximum Gasteiger partial charge on any atom is 0.371 e. The topological polar surface area (TPSA) is 63.3 Å². The average Bonchev–Trinajstić information content (AvgIpc) is 2.76. The van der Waals surface area contributed by atoms with Crippen molar-refractivity contribution in [3.63, 3.8) is 0 Å². The first-order valence-corrected chi connectivity index (χ1v) is 5.60. The second-order valence-corrected chi connectivity index (χ2v) is 4.02. The van der Waals surface area contributed by atoms with E-state index in [2.05, 4.69) is 4.98 Å². The molecule has 0 atom stereocenters. The van der Waals surface area contributed by atoms with Crippen LogP contribution >= 0.6 is 11.8 Å². The number of carboxylic acids is 1. The lowest BCUT2D eigenvalue weighted by Gasteiger charge is -1.96. The first kappa shape index (κ1) is 10.8. The van der Waals surface area contributed by atoms with E-state index in [1.165, 1.54) is 17.8 Å². The fourth-order valence-corrected chi connectivity index (χ4v) is 1.90. The lowest BCUT2D eigenvalue weighted by molar-refractivity contribution is 0.0661. The van der Waals surface area contributed by atoms with Gasteiger partial charge in [0.1, 0.15) is 5.76 Å². The molecule has 2 aromatic heterocycles. The summed E-state index contributed by atoms with van der Waals surface area (Å²) in [6.45, 7) is 0. The Bertz CT molecular complexity index is 481. The molecule has 82 valence electrons. The molecule has 0 unspecified atom stereocenters. The summed E-state index contributed by atoms with van der Waals surface area (Å²) in [5, 5.41) is 9.56. The first-order valence-electron chi connectivity index (χ1n) is 4.61. The van der Waals surface area contributed by atoms with E-state index in [4.69, 9.17) is 9.52 Å². The number of nitrogens with zero attached hydrogens (tertiary/aromatic N) is 1. The highest BCUT2D eigenvalue weighted by Crippen LogP contribution is 2.21. The molecule has 2 rings (SSSR count). The van der Waals surface area contributed by atoms with E-state index in [9.17, 15) is 4.79 Å². The molecule has 2 heterocycles. The second-order valence-electron chi connectivity index (χ2n) is 3.03. The van der Waals surface area contributed by atoms with Gasteiger partial charge in [0.25, 0.3) is 0 Å². The Balaban J connectivity index is 1.97. The van der Waals surface area contributed by atoms with Crippen LogP contribution in [-0.4, -0.2) is 16.1 Å². The summed E-state index contributed by atoms with van der Waals surface area (Å²) in [6.07, 6.45) is 1.72. The number of thioether (sulfide) groups is 1. The van der Waals surface area contributed by atoms with Gasteiger partial charge in [0.15, 0.2) is 0 Å². The van der Waals surface area contributed by atoms with Crippen molar-refractivity contribution in [1.29, 1.82) is 0 Å². The molecule has 0 aliphatic carbocycles. The van der Waals surface area contributed by atoms with Crippen molar-refractivity contribution in [3.8, 4) is 0 Å². The molecule has 0 aromatic carbocycles. The number of hydrogen-bond acceptors (Lipinski definition) is 4. The van der Waals surface area contributed by atoms with E-state index in [0.717, 1.165) is 5.03 Å². The van der Waals surface area contributed by atoms with Gasteiger partial charge in [-0.05, 0) is 24.3 Å². The molecule has 16 heavy (non-hydrogen) atoms. The Kier molecular flexibility index (Phi) is 3.26. The highest BCUT2D eigenvalue weighted by atomic mass is 32.2. The van der Waals surface area contributed by atoms with Gasteiger partial charge in [-0.3, -0.25) is 0 Å². The van der Waals surface area contributed by atoms with E-state index in [1.54, 1.807) is 12.3 Å². The van der Waals surface area contributed by atoms with E-state index in [-0.39, 0.29) is 5.76 Å². The van der Waals surface area contributed by atoms with Crippen molar-refractivity contribution >= 4 is 17.7 Å². The van der Waals surface area contributed by atoms with Gasteiger partial charge in [0, 0.05) is 6.20 Å². The van der Waals surface area contributed by atoms with Crippen LogP contribution in [0.15, 0.2) is 46.0 Å². The minimum absolute atomic E-state index is 0.0309. The highest BCUT2D eigenvalue weighted by Gasteiger charge is 2.08. The summed E-state index contributed by atoms with van der Waals surface area (Å²) >= 11 is 1.50. The zero-order valence-corrected chi connectivity index (χ0v) is 9.11. The van der Waals surface area contributed by atoms with Crippen LogP contribution in [0.3, 0.4) is 0 Å². The van der Waals surface area contributed by atoms with Gasteiger partial charge < -0.3 is 9.52 Å². The maximum atomic E-state index is 10.6. The summed E-state index contributed by atoms with van der Waals surface area (Å²) in [7, 11) is 0. The van der Waals surface area contributed by atoms with Crippen molar-refractivity contribution in [1.82, 2.24) is 4.98 Å². The molecule has 5 heteroatoms. The molecular formula is C11H9NO3S. The van der Waals surface area contributed by atoms with Gasteiger partial charge in [-0.2, -0.15) is 0 Å². The molecule has 1 N–H and O–H groups in total. The van der Waals surface area contributed by atoms with Gasteiger partial charge in [-0.25, -0.2) is 9.78 Å². The summed E-state index contributed by atoms with van der Waals surface area (Å²) in [5.74, 6) is 0.128. The summed E-state index contributed by atoms with van der Waals surface area (Å²) in [6, 6.07) is 8.77. The van der Waals surface area contributed by atoms with Crippen LogP contribution in [0.5, 0.6) is 0 Å². The zero-order chi connectivity index (χ0) is 11.4. The predicted molar refractivity (Wildman–Crippen MR) is 59.5 cm³/mol.